The number of nitrogen functional groups attached to an aromatic ring is 1. The zero-order chi connectivity index (χ0) is 11.0. The highest BCUT2D eigenvalue weighted by atomic mass is 35.5. The predicted octanol–water partition coefficient (Wildman–Crippen LogP) is 3.80. The van der Waals surface area contributed by atoms with Crippen LogP contribution in [0.5, 0.6) is 0 Å². The second kappa shape index (κ2) is 3.77. The summed E-state index contributed by atoms with van der Waals surface area (Å²) in [6.45, 7) is 7.33. The van der Waals surface area contributed by atoms with Crippen LogP contribution < -0.4 is 5.73 Å². The zero-order valence-corrected chi connectivity index (χ0v) is 9.67. The minimum absolute atomic E-state index is 0.180. The Morgan fingerprint density at radius 2 is 1.71 bits per heavy atom. The van der Waals surface area contributed by atoms with Gasteiger partial charge in [-0.05, 0) is 30.9 Å². The molecule has 1 rings (SSSR count). The molecule has 0 aliphatic heterocycles. The Kier molecular flexibility index (Phi) is 3.05. The number of nitrogens with two attached hydrogens (primary N) is 1. The van der Waals surface area contributed by atoms with Gasteiger partial charge in [-0.1, -0.05) is 25.4 Å². The Hall–Kier alpha value is -0.760. The van der Waals surface area contributed by atoms with Crippen LogP contribution in [0.2, 0.25) is 5.02 Å². The molecule has 0 aliphatic rings. The Morgan fingerprint density at radius 3 is 2.14 bits per heavy atom. The topological polar surface area (TPSA) is 26.0 Å². The molecular weight excluding hydrogens is 201 g/mol. The van der Waals surface area contributed by atoms with Gasteiger partial charge >= 0.3 is 0 Å². The maximum absolute atomic E-state index is 13.7. The smallest absolute Gasteiger partial charge is 0.131 e. The summed E-state index contributed by atoms with van der Waals surface area (Å²) in [5.41, 5.74) is 7.94. The summed E-state index contributed by atoms with van der Waals surface area (Å²) < 4.78 is 13.7. The standard InChI is InChI=1S/C11H15ClFN/c1-5(2)8-6(3)10(13)7(4)11(14)9(8)12/h5H,14H2,1-4H3. The van der Waals surface area contributed by atoms with E-state index in [0.29, 0.717) is 21.8 Å². The summed E-state index contributed by atoms with van der Waals surface area (Å²) in [7, 11) is 0. The van der Waals surface area contributed by atoms with Crippen molar-refractivity contribution >= 4 is 17.3 Å². The number of rotatable bonds is 1. The van der Waals surface area contributed by atoms with Gasteiger partial charge in [0.2, 0.25) is 0 Å². The van der Waals surface area contributed by atoms with Gasteiger partial charge in [0, 0.05) is 5.56 Å². The molecule has 2 N–H and O–H groups in total. The summed E-state index contributed by atoms with van der Waals surface area (Å²) in [6.07, 6.45) is 0. The van der Waals surface area contributed by atoms with Crippen LogP contribution in [0, 0.1) is 19.7 Å². The van der Waals surface area contributed by atoms with Crippen LogP contribution in [-0.2, 0) is 0 Å². The first-order valence-corrected chi connectivity index (χ1v) is 4.99. The molecule has 14 heavy (non-hydrogen) atoms. The highest BCUT2D eigenvalue weighted by Crippen LogP contribution is 2.36. The van der Waals surface area contributed by atoms with E-state index in [-0.39, 0.29) is 11.7 Å². The lowest BCUT2D eigenvalue weighted by Gasteiger charge is -2.17. The number of benzene rings is 1. The summed E-state index contributed by atoms with van der Waals surface area (Å²) in [4.78, 5) is 0. The third kappa shape index (κ3) is 1.59. The minimum Gasteiger partial charge on any atom is -0.397 e. The first-order chi connectivity index (χ1) is 6.37. The third-order valence-corrected chi connectivity index (χ3v) is 2.92. The first-order valence-electron chi connectivity index (χ1n) is 4.61. The van der Waals surface area contributed by atoms with Crippen molar-refractivity contribution in [1.82, 2.24) is 0 Å². The molecule has 0 saturated carbocycles. The van der Waals surface area contributed by atoms with Crippen molar-refractivity contribution in [2.75, 3.05) is 5.73 Å². The fraction of sp³-hybridized carbons (Fsp3) is 0.455. The fourth-order valence-electron chi connectivity index (χ4n) is 1.68. The molecule has 1 aromatic rings. The van der Waals surface area contributed by atoms with Crippen molar-refractivity contribution < 1.29 is 4.39 Å². The van der Waals surface area contributed by atoms with Crippen LogP contribution in [0.25, 0.3) is 0 Å². The molecule has 0 unspecified atom stereocenters. The Bertz CT molecular complexity index is 343. The van der Waals surface area contributed by atoms with E-state index in [1.165, 1.54) is 0 Å². The van der Waals surface area contributed by atoms with Gasteiger partial charge in [-0.15, -0.1) is 0 Å². The monoisotopic (exact) mass is 215 g/mol. The van der Waals surface area contributed by atoms with E-state index in [2.05, 4.69) is 0 Å². The molecule has 0 amide bonds. The second-order valence-corrected chi connectivity index (χ2v) is 4.24. The molecule has 0 atom stereocenters. The molecule has 0 aliphatic carbocycles. The molecule has 0 heterocycles. The van der Waals surface area contributed by atoms with Gasteiger partial charge in [-0.25, -0.2) is 4.39 Å². The van der Waals surface area contributed by atoms with E-state index in [9.17, 15) is 4.39 Å². The van der Waals surface area contributed by atoms with Crippen LogP contribution in [0.15, 0.2) is 0 Å². The molecule has 0 spiro atoms. The molecule has 1 aromatic carbocycles. The SMILES string of the molecule is Cc1c(N)c(Cl)c(C(C)C)c(C)c1F. The molecular formula is C11H15ClFN. The molecule has 0 aromatic heterocycles. The van der Waals surface area contributed by atoms with Crippen LogP contribution in [-0.4, -0.2) is 0 Å². The van der Waals surface area contributed by atoms with Gasteiger partial charge in [-0.3, -0.25) is 0 Å². The normalized spacial score (nSPS) is 11.1. The quantitative estimate of drug-likeness (QED) is 0.709. The Labute approximate surface area is 89.1 Å². The van der Waals surface area contributed by atoms with E-state index in [1.54, 1.807) is 13.8 Å². The maximum atomic E-state index is 13.7. The molecule has 0 radical (unpaired) electrons. The van der Waals surface area contributed by atoms with Gasteiger partial charge in [0.05, 0.1) is 10.7 Å². The van der Waals surface area contributed by atoms with Crippen molar-refractivity contribution in [2.45, 2.75) is 33.6 Å². The Balaban J connectivity index is 3.60. The fourth-order valence-corrected chi connectivity index (χ4v) is 2.18. The average molecular weight is 216 g/mol. The number of hydrogen-bond donors (Lipinski definition) is 1. The predicted molar refractivity (Wildman–Crippen MR) is 59.4 cm³/mol. The second-order valence-electron chi connectivity index (χ2n) is 3.86. The van der Waals surface area contributed by atoms with E-state index < -0.39 is 0 Å². The number of anilines is 1. The van der Waals surface area contributed by atoms with Gasteiger partial charge in [-0.2, -0.15) is 0 Å². The summed E-state index contributed by atoms with van der Waals surface area (Å²) >= 11 is 6.08. The van der Waals surface area contributed by atoms with Crippen molar-refractivity contribution in [3.63, 3.8) is 0 Å². The molecule has 3 heteroatoms. The summed E-state index contributed by atoms with van der Waals surface area (Å²) in [5.74, 6) is -0.0597. The number of halogens is 2. The van der Waals surface area contributed by atoms with Gasteiger partial charge in [0.1, 0.15) is 5.82 Å². The average Bonchev–Trinajstić information content (AvgIpc) is 2.11. The largest absolute Gasteiger partial charge is 0.397 e. The molecule has 1 nitrogen and oxygen atoms in total. The van der Waals surface area contributed by atoms with Crippen LogP contribution in [0.4, 0.5) is 10.1 Å². The van der Waals surface area contributed by atoms with E-state index in [4.69, 9.17) is 17.3 Å². The van der Waals surface area contributed by atoms with E-state index >= 15 is 0 Å². The highest BCUT2D eigenvalue weighted by molar-refractivity contribution is 6.34. The van der Waals surface area contributed by atoms with Crippen molar-refractivity contribution in [1.29, 1.82) is 0 Å². The first kappa shape index (κ1) is 11.3. The molecule has 0 saturated heterocycles. The summed E-state index contributed by atoms with van der Waals surface area (Å²) in [6, 6.07) is 0. The van der Waals surface area contributed by atoms with Gasteiger partial charge in [0.25, 0.3) is 0 Å². The van der Waals surface area contributed by atoms with Crippen LogP contribution >= 0.6 is 11.6 Å². The Morgan fingerprint density at radius 1 is 1.21 bits per heavy atom. The third-order valence-electron chi connectivity index (χ3n) is 2.52. The highest BCUT2D eigenvalue weighted by Gasteiger charge is 2.18. The van der Waals surface area contributed by atoms with E-state index in [1.807, 2.05) is 13.8 Å². The lowest BCUT2D eigenvalue weighted by atomic mass is 9.94. The molecule has 0 fully saturated rings. The van der Waals surface area contributed by atoms with Crippen molar-refractivity contribution in [3.05, 3.63) is 27.5 Å². The minimum atomic E-state index is -0.240. The van der Waals surface area contributed by atoms with Crippen LogP contribution in [0.1, 0.15) is 36.5 Å². The van der Waals surface area contributed by atoms with Crippen molar-refractivity contribution in [2.24, 2.45) is 0 Å². The molecule has 78 valence electrons. The van der Waals surface area contributed by atoms with E-state index in [0.717, 1.165) is 5.56 Å². The lowest BCUT2D eigenvalue weighted by molar-refractivity contribution is 0.604. The summed E-state index contributed by atoms with van der Waals surface area (Å²) in [5, 5.41) is 0.497. The van der Waals surface area contributed by atoms with Gasteiger partial charge < -0.3 is 5.73 Å². The number of hydrogen-bond acceptors (Lipinski definition) is 1. The molecule has 0 bridgehead atoms. The maximum Gasteiger partial charge on any atom is 0.131 e. The zero-order valence-electron chi connectivity index (χ0n) is 8.91. The van der Waals surface area contributed by atoms with Gasteiger partial charge in [0.15, 0.2) is 0 Å². The van der Waals surface area contributed by atoms with Crippen molar-refractivity contribution in [3.8, 4) is 0 Å². The van der Waals surface area contributed by atoms with Crippen LogP contribution in [0.3, 0.4) is 0 Å². The lowest BCUT2D eigenvalue weighted by Crippen LogP contribution is -2.04.